The van der Waals surface area contributed by atoms with Crippen molar-refractivity contribution in [3.8, 4) is 11.5 Å². The van der Waals surface area contributed by atoms with Crippen LogP contribution in [0.5, 0.6) is 11.5 Å². The quantitative estimate of drug-likeness (QED) is 0.216. The maximum Gasteiger partial charge on any atom is 0.289 e. The highest BCUT2D eigenvalue weighted by atomic mass is 16.5. The highest BCUT2D eigenvalue weighted by molar-refractivity contribution is 5.91. The van der Waals surface area contributed by atoms with Crippen molar-refractivity contribution >= 4 is 5.91 Å². The fourth-order valence-electron chi connectivity index (χ4n) is 5.49. The van der Waals surface area contributed by atoms with E-state index in [1.807, 2.05) is 35.2 Å². The number of rotatable bonds is 11. The standard InChI is InChI=1S/C34H38N2O4/c1-38-31-15-13-29(22-33(31)39-2)24-35(23-28-11-7-4-8-12-28)25-30-14-16-32(40-30)34(37)36-19-17-27(18-20-36)21-26-9-5-3-6-10-26/h3-16,22,27H,17-21,23-25H2,1-2H3. The molecule has 40 heavy (non-hydrogen) atoms. The largest absolute Gasteiger partial charge is 0.493 e. The average Bonchev–Trinajstić information content (AvgIpc) is 3.46. The molecule has 208 valence electrons. The molecule has 0 radical (unpaired) electrons. The number of hydrogen-bond donors (Lipinski definition) is 0. The number of nitrogens with zero attached hydrogens (tertiary/aromatic N) is 2. The molecule has 1 amide bonds. The molecular formula is C34H38N2O4. The summed E-state index contributed by atoms with van der Waals surface area (Å²) in [7, 11) is 3.29. The van der Waals surface area contributed by atoms with Crippen LogP contribution in [0, 0.1) is 5.92 Å². The van der Waals surface area contributed by atoms with E-state index < -0.39 is 0 Å². The van der Waals surface area contributed by atoms with Crippen LogP contribution in [0.2, 0.25) is 0 Å². The number of piperidine rings is 1. The van der Waals surface area contributed by atoms with Gasteiger partial charge >= 0.3 is 0 Å². The zero-order chi connectivity index (χ0) is 27.7. The van der Waals surface area contributed by atoms with Crippen LogP contribution in [0.15, 0.2) is 95.4 Å². The Kier molecular flexibility index (Phi) is 9.19. The predicted octanol–water partition coefficient (Wildman–Crippen LogP) is 6.59. The van der Waals surface area contributed by atoms with Gasteiger partial charge in [0.2, 0.25) is 0 Å². The van der Waals surface area contributed by atoms with Crippen LogP contribution in [0.1, 0.15) is 45.8 Å². The van der Waals surface area contributed by atoms with E-state index in [-0.39, 0.29) is 5.91 Å². The van der Waals surface area contributed by atoms with E-state index in [9.17, 15) is 4.79 Å². The summed E-state index contributed by atoms with van der Waals surface area (Å²) < 4.78 is 17.1. The third kappa shape index (κ3) is 7.13. The summed E-state index contributed by atoms with van der Waals surface area (Å²) in [4.78, 5) is 17.5. The van der Waals surface area contributed by atoms with Gasteiger partial charge in [-0.15, -0.1) is 0 Å². The minimum Gasteiger partial charge on any atom is -0.493 e. The summed E-state index contributed by atoms with van der Waals surface area (Å²) in [5, 5.41) is 0. The Balaban J connectivity index is 1.23. The summed E-state index contributed by atoms with van der Waals surface area (Å²) >= 11 is 0. The Morgan fingerprint density at radius 2 is 1.43 bits per heavy atom. The molecule has 0 spiro atoms. The molecule has 1 fully saturated rings. The van der Waals surface area contributed by atoms with E-state index in [1.54, 1.807) is 14.2 Å². The third-order valence-corrected chi connectivity index (χ3v) is 7.62. The highest BCUT2D eigenvalue weighted by Gasteiger charge is 2.26. The summed E-state index contributed by atoms with van der Waals surface area (Å²) in [6.07, 6.45) is 3.11. The van der Waals surface area contributed by atoms with E-state index in [2.05, 4.69) is 65.6 Å². The third-order valence-electron chi connectivity index (χ3n) is 7.62. The topological polar surface area (TPSA) is 55.2 Å². The Bertz CT molecular complexity index is 1360. The van der Waals surface area contributed by atoms with Gasteiger partial charge in [0, 0.05) is 26.2 Å². The van der Waals surface area contributed by atoms with Crippen LogP contribution >= 0.6 is 0 Å². The van der Waals surface area contributed by atoms with Crippen molar-refractivity contribution in [3.05, 3.63) is 119 Å². The number of benzene rings is 3. The minimum absolute atomic E-state index is 0.0149. The normalized spacial score (nSPS) is 13.9. The number of likely N-dealkylation sites (tertiary alicyclic amines) is 1. The van der Waals surface area contributed by atoms with Gasteiger partial charge in [0.15, 0.2) is 17.3 Å². The fraction of sp³-hybridized carbons (Fsp3) is 0.324. The molecular weight excluding hydrogens is 500 g/mol. The highest BCUT2D eigenvalue weighted by Crippen LogP contribution is 2.29. The number of methoxy groups -OCH3 is 2. The van der Waals surface area contributed by atoms with E-state index in [1.165, 1.54) is 11.1 Å². The number of hydrogen-bond acceptors (Lipinski definition) is 5. The lowest BCUT2D eigenvalue weighted by Crippen LogP contribution is -2.38. The SMILES string of the molecule is COc1ccc(CN(Cc2ccccc2)Cc2ccc(C(=O)N3CCC(Cc4ccccc4)CC3)o2)cc1OC. The zero-order valence-electron chi connectivity index (χ0n) is 23.4. The van der Waals surface area contributed by atoms with Crippen LogP contribution in [0.3, 0.4) is 0 Å². The smallest absolute Gasteiger partial charge is 0.289 e. The molecule has 0 unspecified atom stereocenters. The Hall–Kier alpha value is -4.03. The molecule has 0 atom stereocenters. The first kappa shape index (κ1) is 27.5. The molecule has 6 nitrogen and oxygen atoms in total. The van der Waals surface area contributed by atoms with Crippen molar-refractivity contribution in [2.75, 3.05) is 27.3 Å². The van der Waals surface area contributed by atoms with E-state index in [4.69, 9.17) is 13.9 Å². The van der Waals surface area contributed by atoms with E-state index in [0.29, 0.717) is 36.3 Å². The first-order valence-electron chi connectivity index (χ1n) is 14.0. The molecule has 1 aromatic heterocycles. The van der Waals surface area contributed by atoms with Crippen molar-refractivity contribution < 1.29 is 18.7 Å². The number of amides is 1. The van der Waals surface area contributed by atoms with Gasteiger partial charge in [0.25, 0.3) is 5.91 Å². The minimum atomic E-state index is -0.0149. The van der Waals surface area contributed by atoms with Gasteiger partial charge in [-0.1, -0.05) is 66.7 Å². The van der Waals surface area contributed by atoms with E-state index >= 15 is 0 Å². The summed E-state index contributed by atoms with van der Waals surface area (Å²) in [5.41, 5.74) is 3.69. The lowest BCUT2D eigenvalue weighted by molar-refractivity contribution is 0.0654. The number of carbonyl (C=O) groups is 1. The Morgan fingerprint density at radius 1 is 0.775 bits per heavy atom. The fourth-order valence-corrected chi connectivity index (χ4v) is 5.49. The lowest BCUT2D eigenvalue weighted by atomic mass is 9.90. The van der Waals surface area contributed by atoms with Gasteiger partial charge < -0.3 is 18.8 Å². The predicted molar refractivity (Wildman–Crippen MR) is 156 cm³/mol. The van der Waals surface area contributed by atoms with Crippen molar-refractivity contribution in [1.29, 1.82) is 0 Å². The number of carbonyl (C=O) groups excluding carboxylic acids is 1. The lowest BCUT2D eigenvalue weighted by Gasteiger charge is -2.31. The summed E-state index contributed by atoms with van der Waals surface area (Å²) in [6, 6.07) is 30.8. The van der Waals surface area contributed by atoms with Crippen LogP contribution in [0.25, 0.3) is 0 Å². The Morgan fingerprint density at radius 3 is 2.10 bits per heavy atom. The molecule has 1 aliphatic heterocycles. The molecule has 3 aromatic carbocycles. The van der Waals surface area contributed by atoms with Crippen molar-refractivity contribution in [2.24, 2.45) is 5.92 Å². The van der Waals surface area contributed by atoms with Crippen LogP contribution in [-0.4, -0.2) is 43.0 Å². The van der Waals surface area contributed by atoms with Crippen LogP contribution in [0.4, 0.5) is 0 Å². The molecule has 0 aliphatic carbocycles. The maximum atomic E-state index is 13.3. The zero-order valence-corrected chi connectivity index (χ0v) is 23.4. The second kappa shape index (κ2) is 13.4. The first-order valence-corrected chi connectivity index (χ1v) is 14.0. The monoisotopic (exact) mass is 538 g/mol. The molecule has 1 aliphatic rings. The first-order chi connectivity index (χ1) is 19.6. The molecule has 4 aromatic rings. The molecule has 2 heterocycles. The average molecular weight is 539 g/mol. The van der Waals surface area contributed by atoms with Gasteiger partial charge in [-0.25, -0.2) is 0 Å². The molecule has 1 saturated heterocycles. The second-order valence-corrected chi connectivity index (χ2v) is 10.5. The molecule has 0 saturated carbocycles. The van der Waals surface area contributed by atoms with Gasteiger partial charge in [-0.3, -0.25) is 9.69 Å². The molecule has 0 bridgehead atoms. The van der Waals surface area contributed by atoms with Gasteiger partial charge in [0.1, 0.15) is 5.76 Å². The summed E-state index contributed by atoms with van der Waals surface area (Å²) in [5.74, 6) is 3.21. The number of ether oxygens (including phenoxy) is 2. The van der Waals surface area contributed by atoms with Crippen molar-refractivity contribution in [3.63, 3.8) is 0 Å². The molecule has 6 heteroatoms. The van der Waals surface area contributed by atoms with E-state index in [0.717, 1.165) is 50.2 Å². The number of furan rings is 1. The van der Waals surface area contributed by atoms with Gasteiger partial charge in [-0.05, 0) is 66.1 Å². The Labute approximate surface area is 237 Å². The van der Waals surface area contributed by atoms with Crippen LogP contribution in [-0.2, 0) is 26.1 Å². The van der Waals surface area contributed by atoms with Gasteiger partial charge in [-0.2, -0.15) is 0 Å². The molecule has 5 rings (SSSR count). The van der Waals surface area contributed by atoms with Crippen molar-refractivity contribution in [1.82, 2.24) is 9.80 Å². The molecule has 0 N–H and O–H groups in total. The van der Waals surface area contributed by atoms with Crippen LogP contribution < -0.4 is 9.47 Å². The van der Waals surface area contributed by atoms with Gasteiger partial charge in [0.05, 0.1) is 20.8 Å². The summed E-state index contributed by atoms with van der Waals surface area (Å²) in [6.45, 7) is 3.55. The maximum absolute atomic E-state index is 13.3. The van der Waals surface area contributed by atoms with Crippen molar-refractivity contribution in [2.45, 2.75) is 38.9 Å². The second-order valence-electron chi connectivity index (χ2n) is 10.5.